The first-order valence-corrected chi connectivity index (χ1v) is 7.14. The lowest BCUT2D eigenvalue weighted by molar-refractivity contribution is -0.121. The van der Waals surface area contributed by atoms with Crippen LogP contribution in [0.2, 0.25) is 0 Å². The highest BCUT2D eigenvalue weighted by atomic mass is 16.5. The molecule has 8 heteroatoms. The highest BCUT2D eigenvalue weighted by Crippen LogP contribution is 2.10. The molecule has 1 aromatic rings. The molecular formula is C16H18N4O4. The number of benzene rings is 1. The van der Waals surface area contributed by atoms with E-state index in [1.54, 1.807) is 44.2 Å². The molecule has 0 unspecified atom stereocenters. The molecular weight excluding hydrogens is 312 g/mol. The molecule has 0 aromatic heterocycles. The minimum Gasteiger partial charge on any atom is -0.462 e. The number of hydrogen-bond donors (Lipinski definition) is 3. The van der Waals surface area contributed by atoms with Crippen molar-refractivity contribution < 1.29 is 19.1 Å². The van der Waals surface area contributed by atoms with E-state index in [4.69, 9.17) is 10.00 Å². The number of nitrogens with zero attached hydrogens (tertiary/aromatic N) is 1. The van der Waals surface area contributed by atoms with Crippen LogP contribution in [0.1, 0.15) is 30.6 Å². The van der Waals surface area contributed by atoms with Gasteiger partial charge >= 0.3 is 5.97 Å². The van der Waals surface area contributed by atoms with Gasteiger partial charge in [-0.15, -0.1) is 0 Å². The van der Waals surface area contributed by atoms with Crippen LogP contribution in [0.4, 0.5) is 5.69 Å². The standard InChI is InChI=1S/C16H18N4O4/c1-3-24-16(23)12-4-6-13(7-5-12)18-15(22)10-11(2)19-20-14(21)8-9-17/h4-7,10,19H,3,8H2,1-2H3,(H,18,22)(H,20,21). The van der Waals surface area contributed by atoms with E-state index in [0.29, 0.717) is 23.6 Å². The van der Waals surface area contributed by atoms with E-state index in [-0.39, 0.29) is 6.42 Å². The molecule has 24 heavy (non-hydrogen) atoms. The fourth-order valence-electron chi connectivity index (χ4n) is 1.60. The predicted octanol–water partition coefficient (Wildman–Crippen LogP) is 1.24. The SMILES string of the molecule is CCOC(=O)c1ccc(NC(=O)C=C(C)NNC(=O)CC#N)cc1. The zero-order valence-electron chi connectivity index (χ0n) is 13.4. The first-order valence-electron chi connectivity index (χ1n) is 7.14. The second-order valence-electron chi connectivity index (χ2n) is 4.62. The Bertz CT molecular complexity index is 674. The largest absolute Gasteiger partial charge is 0.462 e. The van der Waals surface area contributed by atoms with Crippen molar-refractivity contribution in [2.75, 3.05) is 11.9 Å². The average Bonchev–Trinajstić information content (AvgIpc) is 2.54. The van der Waals surface area contributed by atoms with Gasteiger partial charge in [-0.05, 0) is 38.1 Å². The molecule has 0 aliphatic carbocycles. The van der Waals surface area contributed by atoms with Crippen LogP contribution in [-0.4, -0.2) is 24.4 Å². The Balaban J connectivity index is 2.55. The summed E-state index contributed by atoms with van der Waals surface area (Å²) in [6, 6.07) is 7.95. The summed E-state index contributed by atoms with van der Waals surface area (Å²) in [7, 11) is 0. The molecule has 0 atom stereocenters. The monoisotopic (exact) mass is 330 g/mol. The van der Waals surface area contributed by atoms with Gasteiger partial charge in [-0.1, -0.05) is 0 Å². The van der Waals surface area contributed by atoms with Gasteiger partial charge in [-0.2, -0.15) is 5.26 Å². The van der Waals surface area contributed by atoms with Crippen molar-refractivity contribution in [2.24, 2.45) is 0 Å². The van der Waals surface area contributed by atoms with Crippen LogP contribution in [-0.2, 0) is 14.3 Å². The number of anilines is 1. The number of amides is 2. The molecule has 0 aliphatic rings. The van der Waals surface area contributed by atoms with Gasteiger partial charge in [0, 0.05) is 17.5 Å². The second kappa shape index (κ2) is 9.63. The van der Waals surface area contributed by atoms with E-state index in [0.717, 1.165) is 0 Å². The van der Waals surface area contributed by atoms with Crippen LogP contribution in [0.15, 0.2) is 36.0 Å². The number of nitriles is 1. The number of nitrogens with one attached hydrogen (secondary N) is 3. The van der Waals surface area contributed by atoms with E-state index >= 15 is 0 Å². The molecule has 0 radical (unpaired) electrons. The molecule has 0 saturated carbocycles. The molecule has 0 bridgehead atoms. The maximum Gasteiger partial charge on any atom is 0.338 e. The zero-order valence-corrected chi connectivity index (χ0v) is 13.4. The number of carbonyl (C=O) groups excluding carboxylic acids is 3. The number of hydrazine groups is 1. The lowest BCUT2D eigenvalue weighted by Gasteiger charge is -2.08. The minimum atomic E-state index is -0.500. The van der Waals surface area contributed by atoms with Crippen molar-refractivity contribution in [1.82, 2.24) is 10.9 Å². The lowest BCUT2D eigenvalue weighted by atomic mass is 10.2. The van der Waals surface area contributed by atoms with Gasteiger partial charge in [0.1, 0.15) is 6.42 Å². The van der Waals surface area contributed by atoms with Crippen LogP contribution in [0, 0.1) is 11.3 Å². The van der Waals surface area contributed by atoms with Gasteiger partial charge in [-0.3, -0.25) is 15.0 Å². The van der Waals surface area contributed by atoms with E-state index in [1.165, 1.54) is 6.08 Å². The van der Waals surface area contributed by atoms with Crippen LogP contribution in [0.5, 0.6) is 0 Å². The van der Waals surface area contributed by atoms with E-state index in [2.05, 4.69) is 16.2 Å². The number of rotatable bonds is 7. The predicted molar refractivity (Wildman–Crippen MR) is 86.3 cm³/mol. The molecule has 1 rings (SSSR count). The van der Waals surface area contributed by atoms with Crippen LogP contribution in [0.3, 0.4) is 0 Å². The summed E-state index contributed by atoms with van der Waals surface area (Å²) in [6.45, 7) is 3.59. The summed E-state index contributed by atoms with van der Waals surface area (Å²) in [5.74, 6) is -1.35. The first-order chi connectivity index (χ1) is 11.5. The molecule has 3 N–H and O–H groups in total. The van der Waals surface area contributed by atoms with Crippen molar-refractivity contribution in [1.29, 1.82) is 5.26 Å². The van der Waals surface area contributed by atoms with E-state index in [1.807, 2.05) is 0 Å². The Kier molecular flexibility index (Phi) is 7.51. The normalized spacial score (nSPS) is 10.3. The van der Waals surface area contributed by atoms with Crippen LogP contribution < -0.4 is 16.2 Å². The van der Waals surface area contributed by atoms with Gasteiger partial charge in [0.05, 0.1) is 18.2 Å². The Morgan fingerprint density at radius 2 is 1.88 bits per heavy atom. The Morgan fingerprint density at radius 3 is 2.46 bits per heavy atom. The quantitative estimate of drug-likeness (QED) is 0.393. The van der Waals surface area contributed by atoms with Crippen molar-refractivity contribution in [2.45, 2.75) is 20.3 Å². The number of hydrogen-bond acceptors (Lipinski definition) is 6. The maximum atomic E-state index is 11.8. The Morgan fingerprint density at radius 1 is 1.21 bits per heavy atom. The molecule has 0 aliphatic heterocycles. The highest BCUT2D eigenvalue weighted by molar-refractivity contribution is 6.00. The Hall–Kier alpha value is -3.34. The zero-order chi connectivity index (χ0) is 17.9. The molecule has 0 fully saturated rings. The van der Waals surface area contributed by atoms with Crippen molar-refractivity contribution in [3.05, 3.63) is 41.6 Å². The summed E-state index contributed by atoms with van der Waals surface area (Å²) >= 11 is 0. The molecule has 1 aromatic carbocycles. The number of carbonyl (C=O) groups is 3. The summed E-state index contributed by atoms with van der Waals surface area (Å²) in [5.41, 5.74) is 6.07. The number of allylic oxidation sites excluding steroid dienone is 1. The van der Waals surface area contributed by atoms with Gasteiger partial charge in [0.25, 0.3) is 5.91 Å². The molecule has 2 amide bonds. The van der Waals surface area contributed by atoms with Gasteiger partial charge in [0.15, 0.2) is 0 Å². The summed E-state index contributed by atoms with van der Waals surface area (Å²) in [4.78, 5) is 34.4. The smallest absolute Gasteiger partial charge is 0.338 e. The summed E-state index contributed by atoms with van der Waals surface area (Å²) in [6.07, 6.45) is 0.963. The topological polar surface area (TPSA) is 120 Å². The van der Waals surface area contributed by atoms with E-state index < -0.39 is 17.8 Å². The molecule has 8 nitrogen and oxygen atoms in total. The second-order valence-corrected chi connectivity index (χ2v) is 4.62. The van der Waals surface area contributed by atoms with Crippen molar-refractivity contribution >= 4 is 23.5 Å². The van der Waals surface area contributed by atoms with Gasteiger partial charge in [-0.25, -0.2) is 4.79 Å². The molecule has 126 valence electrons. The first kappa shape index (κ1) is 18.7. The summed E-state index contributed by atoms with van der Waals surface area (Å²) in [5, 5.41) is 11.0. The van der Waals surface area contributed by atoms with E-state index in [9.17, 15) is 14.4 Å². The summed E-state index contributed by atoms with van der Waals surface area (Å²) < 4.78 is 4.87. The minimum absolute atomic E-state index is 0.278. The number of ether oxygens (including phenoxy) is 1. The average molecular weight is 330 g/mol. The fraction of sp³-hybridized carbons (Fsp3) is 0.250. The van der Waals surface area contributed by atoms with Crippen LogP contribution >= 0.6 is 0 Å². The third kappa shape index (κ3) is 6.62. The molecule has 0 saturated heterocycles. The van der Waals surface area contributed by atoms with Crippen molar-refractivity contribution in [3.63, 3.8) is 0 Å². The Labute approximate surface area is 139 Å². The lowest BCUT2D eigenvalue weighted by Crippen LogP contribution is -2.36. The highest BCUT2D eigenvalue weighted by Gasteiger charge is 2.06. The van der Waals surface area contributed by atoms with Gasteiger partial charge < -0.3 is 15.5 Å². The molecule has 0 spiro atoms. The molecule has 0 heterocycles. The van der Waals surface area contributed by atoms with Crippen LogP contribution in [0.25, 0.3) is 0 Å². The maximum absolute atomic E-state index is 11.8. The fourth-order valence-corrected chi connectivity index (χ4v) is 1.60. The number of esters is 1. The van der Waals surface area contributed by atoms with Gasteiger partial charge in [0.2, 0.25) is 5.91 Å². The van der Waals surface area contributed by atoms with Crippen molar-refractivity contribution in [3.8, 4) is 6.07 Å². The third-order valence-corrected chi connectivity index (χ3v) is 2.65. The third-order valence-electron chi connectivity index (χ3n) is 2.65.